The molecule has 3 aromatic rings. The molecule has 1 aliphatic rings. The third-order valence-electron chi connectivity index (χ3n) is 6.22. The predicted molar refractivity (Wildman–Crippen MR) is 150 cm³/mol. The average molecular weight is 538 g/mol. The number of hydrogen-bond donors (Lipinski definition) is 1. The summed E-state index contributed by atoms with van der Waals surface area (Å²) in [6, 6.07) is 23.5. The summed E-state index contributed by atoms with van der Waals surface area (Å²) in [7, 11) is 1.66. The number of rotatable bonds is 9. The maximum absolute atomic E-state index is 6.58. The molecule has 0 unspecified atom stereocenters. The van der Waals surface area contributed by atoms with E-state index in [4.69, 9.17) is 21.1 Å². The normalized spacial score (nSPS) is 14.0. The van der Waals surface area contributed by atoms with E-state index < -0.39 is 0 Å². The van der Waals surface area contributed by atoms with Crippen molar-refractivity contribution in [2.75, 3.05) is 20.2 Å². The van der Waals surface area contributed by atoms with Gasteiger partial charge in [0.1, 0.15) is 6.61 Å². The minimum Gasteiger partial charge on any atom is -0.493 e. The Labute approximate surface area is 226 Å². The van der Waals surface area contributed by atoms with E-state index in [1.807, 2.05) is 12.1 Å². The number of ether oxygens (including phenoxy) is 2. The van der Waals surface area contributed by atoms with Crippen LogP contribution in [0.25, 0.3) is 0 Å². The molecule has 190 valence electrons. The lowest BCUT2D eigenvalue weighted by molar-refractivity contribution is 0.190. The molecule has 1 aliphatic heterocycles. The highest BCUT2D eigenvalue weighted by molar-refractivity contribution is 6.32. The van der Waals surface area contributed by atoms with E-state index in [9.17, 15) is 0 Å². The number of aryl methyl sites for hydroxylation is 1. The Morgan fingerprint density at radius 2 is 1.60 bits per heavy atom. The first kappa shape index (κ1) is 29.3. The molecule has 1 N–H and O–H groups in total. The number of halogens is 3. The predicted octanol–water partition coefficient (Wildman–Crippen LogP) is 6.83. The van der Waals surface area contributed by atoms with Crippen molar-refractivity contribution in [2.45, 2.75) is 45.5 Å². The summed E-state index contributed by atoms with van der Waals surface area (Å²) in [4.78, 5) is 2.54. The largest absolute Gasteiger partial charge is 0.493 e. The lowest BCUT2D eigenvalue weighted by Crippen LogP contribution is -2.41. The minimum absolute atomic E-state index is 0. The summed E-state index contributed by atoms with van der Waals surface area (Å²) in [5, 5.41) is 4.28. The summed E-state index contributed by atoms with van der Waals surface area (Å²) in [6.07, 6.45) is 2.30. The van der Waals surface area contributed by atoms with Gasteiger partial charge in [0.15, 0.2) is 11.5 Å². The van der Waals surface area contributed by atoms with E-state index in [0.717, 1.165) is 50.1 Å². The standard InChI is InChI=1S/C28H33ClN2O2.2ClH/c1-21-8-10-23(11-9-21)20-33-28-26(29)16-24(17-27(28)32-2)18-30-25-12-14-31(15-13-25)19-22-6-4-3-5-7-22;;/h3-11,16-17,25,30H,12-15,18-20H2,1-2H3;2*1H. The van der Waals surface area contributed by atoms with Crippen molar-refractivity contribution in [3.63, 3.8) is 0 Å². The van der Waals surface area contributed by atoms with Gasteiger partial charge in [-0.1, -0.05) is 71.8 Å². The fourth-order valence-corrected chi connectivity index (χ4v) is 4.54. The van der Waals surface area contributed by atoms with Crippen LogP contribution in [0.15, 0.2) is 66.7 Å². The molecule has 0 amide bonds. The van der Waals surface area contributed by atoms with Gasteiger partial charge in [-0.3, -0.25) is 4.90 Å². The SMILES string of the molecule is COc1cc(CNC2CCN(Cc3ccccc3)CC2)cc(Cl)c1OCc1ccc(C)cc1.Cl.Cl. The van der Waals surface area contributed by atoms with Crippen molar-refractivity contribution >= 4 is 36.4 Å². The second-order valence-corrected chi connectivity index (χ2v) is 9.21. The van der Waals surface area contributed by atoms with Crippen molar-refractivity contribution in [1.29, 1.82) is 0 Å². The van der Waals surface area contributed by atoms with E-state index in [1.54, 1.807) is 7.11 Å². The molecule has 4 nitrogen and oxygen atoms in total. The molecule has 0 aromatic heterocycles. The van der Waals surface area contributed by atoms with Gasteiger partial charge in [0.2, 0.25) is 0 Å². The van der Waals surface area contributed by atoms with Gasteiger partial charge in [-0.15, -0.1) is 24.8 Å². The first-order valence-corrected chi connectivity index (χ1v) is 12.0. The average Bonchev–Trinajstić information content (AvgIpc) is 2.84. The Morgan fingerprint density at radius 1 is 0.914 bits per heavy atom. The number of nitrogens with one attached hydrogen (secondary N) is 1. The molecule has 0 spiro atoms. The molecule has 0 radical (unpaired) electrons. The molecule has 0 saturated carbocycles. The number of benzene rings is 3. The Kier molecular flexibility index (Phi) is 12.2. The van der Waals surface area contributed by atoms with Crippen LogP contribution in [0.4, 0.5) is 0 Å². The Morgan fingerprint density at radius 3 is 2.26 bits per heavy atom. The minimum atomic E-state index is 0. The number of piperidine rings is 1. The number of likely N-dealkylation sites (tertiary alicyclic amines) is 1. The van der Waals surface area contributed by atoms with Crippen LogP contribution in [0.2, 0.25) is 5.02 Å². The quantitative estimate of drug-likeness (QED) is 0.324. The topological polar surface area (TPSA) is 33.7 Å². The van der Waals surface area contributed by atoms with Gasteiger partial charge >= 0.3 is 0 Å². The van der Waals surface area contributed by atoms with Crippen molar-refractivity contribution in [2.24, 2.45) is 0 Å². The highest BCUT2D eigenvalue weighted by Crippen LogP contribution is 2.37. The fraction of sp³-hybridized carbons (Fsp3) is 0.357. The molecular weight excluding hydrogens is 503 g/mol. The van der Waals surface area contributed by atoms with Crippen LogP contribution in [0.1, 0.15) is 35.1 Å². The Hall–Kier alpha value is -1.95. The molecular formula is C28H35Cl3N2O2. The summed E-state index contributed by atoms with van der Waals surface area (Å²) in [5.41, 5.74) is 4.82. The van der Waals surface area contributed by atoms with Gasteiger partial charge in [-0.05, 0) is 61.7 Å². The second kappa shape index (κ2) is 14.6. The molecule has 0 bridgehead atoms. The highest BCUT2D eigenvalue weighted by atomic mass is 35.5. The van der Waals surface area contributed by atoms with Gasteiger partial charge < -0.3 is 14.8 Å². The zero-order chi connectivity index (χ0) is 23.0. The lowest BCUT2D eigenvalue weighted by Gasteiger charge is -2.32. The van der Waals surface area contributed by atoms with Crippen molar-refractivity contribution in [3.8, 4) is 11.5 Å². The van der Waals surface area contributed by atoms with Crippen molar-refractivity contribution in [1.82, 2.24) is 10.2 Å². The summed E-state index contributed by atoms with van der Waals surface area (Å²) < 4.78 is 11.6. The Balaban J connectivity index is 0.00000216. The van der Waals surface area contributed by atoms with Crippen LogP contribution >= 0.6 is 36.4 Å². The van der Waals surface area contributed by atoms with Crippen LogP contribution in [0, 0.1) is 6.92 Å². The second-order valence-electron chi connectivity index (χ2n) is 8.80. The fourth-order valence-electron chi connectivity index (χ4n) is 4.25. The van der Waals surface area contributed by atoms with Gasteiger partial charge in [0, 0.05) is 19.1 Å². The van der Waals surface area contributed by atoms with Crippen LogP contribution in [0.5, 0.6) is 11.5 Å². The molecule has 0 atom stereocenters. The third-order valence-corrected chi connectivity index (χ3v) is 6.51. The lowest BCUT2D eigenvalue weighted by atomic mass is 10.0. The van der Waals surface area contributed by atoms with Gasteiger partial charge in [0.25, 0.3) is 0 Å². The molecule has 1 saturated heterocycles. The zero-order valence-electron chi connectivity index (χ0n) is 20.3. The smallest absolute Gasteiger partial charge is 0.180 e. The third kappa shape index (κ3) is 8.59. The molecule has 0 aliphatic carbocycles. The monoisotopic (exact) mass is 536 g/mol. The van der Waals surface area contributed by atoms with E-state index in [1.165, 1.54) is 11.1 Å². The first-order valence-electron chi connectivity index (χ1n) is 11.6. The molecule has 1 heterocycles. The molecule has 3 aromatic carbocycles. The van der Waals surface area contributed by atoms with Gasteiger partial charge in [0.05, 0.1) is 12.1 Å². The maximum atomic E-state index is 6.58. The molecule has 4 rings (SSSR count). The summed E-state index contributed by atoms with van der Waals surface area (Å²) >= 11 is 6.58. The number of hydrogen-bond acceptors (Lipinski definition) is 4. The zero-order valence-corrected chi connectivity index (χ0v) is 22.7. The molecule has 35 heavy (non-hydrogen) atoms. The maximum Gasteiger partial charge on any atom is 0.180 e. The van der Waals surface area contributed by atoms with E-state index in [0.29, 0.717) is 29.2 Å². The Bertz CT molecular complexity index is 1020. The van der Waals surface area contributed by atoms with Gasteiger partial charge in [-0.2, -0.15) is 0 Å². The number of methoxy groups -OCH3 is 1. The van der Waals surface area contributed by atoms with E-state index >= 15 is 0 Å². The highest BCUT2D eigenvalue weighted by Gasteiger charge is 2.19. The molecule has 7 heteroatoms. The van der Waals surface area contributed by atoms with Crippen LogP contribution in [-0.4, -0.2) is 31.1 Å². The summed E-state index contributed by atoms with van der Waals surface area (Å²) in [5.74, 6) is 1.27. The number of nitrogens with zero attached hydrogens (tertiary/aromatic N) is 1. The van der Waals surface area contributed by atoms with E-state index in [2.05, 4.69) is 71.7 Å². The van der Waals surface area contributed by atoms with E-state index in [-0.39, 0.29) is 24.8 Å². The van der Waals surface area contributed by atoms with Crippen LogP contribution < -0.4 is 14.8 Å². The van der Waals surface area contributed by atoms with Crippen molar-refractivity contribution in [3.05, 3.63) is 94.0 Å². The van der Waals surface area contributed by atoms with Crippen LogP contribution in [-0.2, 0) is 19.7 Å². The first-order chi connectivity index (χ1) is 16.1. The van der Waals surface area contributed by atoms with Crippen LogP contribution in [0.3, 0.4) is 0 Å². The van der Waals surface area contributed by atoms with Gasteiger partial charge in [-0.25, -0.2) is 0 Å². The summed E-state index contributed by atoms with van der Waals surface area (Å²) in [6.45, 7) is 6.55. The van der Waals surface area contributed by atoms with Crippen molar-refractivity contribution < 1.29 is 9.47 Å². The molecule has 1 fully saturated rings.